The molecule has 0 spiro atoms. The number of carbonyl (C=O) groups excluding carboxylic acids is 3. The van der Waals surface area contributed by atoms with Crippen LogP contribution in [0.2, 0.25) is 0 Å². The van der Waals surface area contributed by atoms with E-state index in [4.69, 9.17) is 9.47 Å². The third-order valence-corrected chi connectivity index (χ3v) is 3.61. The highest BCUT2D eigenvalue weighted by atomic mass is 19.1. The standard InChI is InChI=1S/C20H21FN2O5/c1-3-22-20(26)23-18(24)17(14-7-5-4-6-8-14)28-19(25)13(2)27-16-11-9-15(21)10-12-16/h4-13,17H,3H2,1-2H3,(H2,22,23,24,26)/t13-,17+/m1/s1. The molecule has 0 radical (unpaired) electrons. The van der Waals surface area contributed by atoms with E-state index >= 15 is 0 Å². The molecule has 0 saturated heterocycles. The minimum Gasteiger partial charge on any atom is -0.479 e. The summed E-state index contributed by atoms with van der Waals surface area (Å²) in [6, 6.07) is 12.7. The topological polar surface area (TPSA) is 93.7 Å². The fraction of sp³-hybridized carbons (Fsp3) is 0.250. The Kier molecular flexibility index (Phi) is 7.50. The van der Waals surface area contributed by atoms with Gasteiger partial charge in [-0.25, -0.2) is 14.0 Å². The van der Waals surface area contributed by atoms with Gasteiger partial charge in [-0.15, -0.1) is 0 Å². The molecule has 7 nitrogen and oxygen atoms in total. The average Bonchev–Trinajstić information content (AvgIpc) is 2.68. The summed E-state index contributed by atoms with van der Waals surface area (Å²) < 4.78 is 23.7. The molecule has 2 aromatic rings. The number of hydrogen-bond acceptors (Lipinski definition) is 5. The van der Waals surface area contributed by atoms with E-state index in [1.54, 1.807) is 37.3 Å². The van der Waals surface area contributed by atoms with Gasteiger partial charge in [0, 0.05) is 12.1 Å². The lowest BCUT2D eigenvalue weighted by Crippen LogP contribution is -2.43. The predicted molar refractivity (Wildman–Crippen MR) is 99.0 cm³/mol. The van der Waals surface area contributed by atoms with Crippen LogP contribution in [0.3, 0.4) is 0 Å². The van der Waals surface area contributed by atoms with Gasteiger partial charge in [0.25, 0.3) is 5.91 Å². The van der Waals surface area contributed by atoms with Crippen molar-refractivity contribution in [2.75, 3.05) is 6.54 Å². The Morgan fingerprint density at radius 2 is 1.68 bits per heavy atom. The minimum atomic E-state index is -1.34. The molecule has 28 heavy (non-hydrogen) atoms. The number of hydrogen-bond donors (Lipinski definition) is 2. The van der Waals surface area contributed by atoms with Crippen LogP contribution in [0.25, 0.3) is 0 Å². The number of nitrogens with one attached hydrogen (secondary N) is 2. The van der Waals surface area contributed by atoms with E-state index < -0.39 is 35.9 Å². The zero-order valence-corrected chi connectivity index (χ0v) is 15.5. The molecule has 3 amide bonds. The lowest BCUT2D eigenvalue weighted by Gasteiger charge is -2.20. The first kappa shape index (κ1) is 20.9. The van der Waals surface area contributed by atoms with Crippen molar-refractivity contribution in [1.82, 2.24) is 10.6 Å². The van der Waals surface area contributed by atoms with Crippen LogP contribution in [0.1, 0.15) is 25.5 Å². The van der Waals surface area contributed by atoms with Crippen LogP contribution in [-0.4, -0.2) is 30.6 Å². The Bertz CT molecular complexity index is 811. The highest BCUT2D eigenvalue weighted by molar-refractivity contribution is 5.97. The highest BCUT2D eigenvalue weighted by Gasteiger charge is 2.29. The van der Waals surface area contributed by atoms with Crippen molar-refractivity contribution in [2.24, 2.45) is 0 Å². The number of amides is 3. The van der Waals surface area contributed by atoms with E-state index in [1.807, 2.05) is 0 Å². The van der Waals surface area contributed by atoms with E-state index in [-0.39, 0.29) is 5.75 Å². The van der Waals surface area contributed by atoms with Gasteiger partial charge < -0.3 is 14.8 Å². The zero-order chi connectivity index (χ0) is 20.5. The van der Waals surface area contributed by atoms with Crippen molar-refractivity contribution in [3.63, 3.8) is 0 Å². The lowest BCUT2D eigenvalue weighted by molar-refractivity contribution is -0.162. The van der Waals surface area contributed by atoms with E-state index in [2.05, 4.69) is 10.6 Å². The Balaban J connectivity index is 2.10. The van der Waals surface area contributed by atoms with E-state index in [0.29, 0.717) is 12.1 Å². The maximum Gasteiger partial charge on any atom is 0.348 e. The maximum absolute atomic E-state index is 13.0. The molecular formula is C20H21FN2O5. The fourth-order valence-corrected chi connectivity index (χ4v) is 2.26. The van der Waals surface area contributed by atoms with Gasteiger partial charge in [0.2, 0.25) is 6.10 Å². The molecule has 0 aliphatic heterocycles. The Hall–Kier alpha value is -3.42. The van der Waals surface area contributed by atoms with E-state index in [1.165, 1.54) is 31.2 Å². The summed E-state index contributed by atoms with van der Waals surface area (Å²) in [7, 11) is 0. The first-order chi connectivity index (χ1) is 13.4. The molecule has 0 saturated carbocycles. The molecule has 0 unspecified atom stereocenters. The second-order valence-corrected chi connectivity index (χ2v) is 5.79. The number of carbonyl (C=O) groups is 3. The number of esters is 1. The van der Waals surface area contributed by atoms with Gasteiger partial charge in [-0.05, 0) is 38.1 Å². The molecule has 0 aromatic heterocycles. The summed E-state index contributed by atoms with van der Waals surface area (Å²) in [6.07, 6.45) is -2.40. The van der Waals surface area contributed by atoms with Crippen LogP contribution in [0.5, 0.6) is 5.75 Å². The fourth-order valence-electron chi connectivity index (χ4n) is 2.26. The summed E-state index contributed by atoms with van der Waals surface area (Å²) in [4.78, 5) is 36.5. The van der Waals surface area contributed by atoms with Gasteiger partial charge in [0.15, 0.2) is 6.10 Å². The predicted octanol–water partition coefficient (Wildman–Crippen LogP) is 2.72. The molecule has 0 bridgehead atoms. The quantitative estimate of drug-likeness (QED) is 0.712. The molecule has 0 heterocycles. The molecule has 0 aliphatic rings. The molecule has 2 N–H and O–H groups in total. The Labute approximate surface area is 161 Å². The number of ether oxygens (including phenoxy) is 2. The van der Waals surface area contributed by atoms with E-state index in [0.717, 1.165) is 0 Å². The van der Waals surface area contributed by atoms with Crippen molar-refractivity contribution < 1.29 is 28.2 Å². The van der Waals surface area contributed by atoms with Gasteiger partial charge in [-0.1, -0.05) is 30.3 Å². The second kappa shape index (κ2) is 10.1. The molecule has 2 aromatic carbocycles. The van der Waals surface area contributed by atoms with Crippen LogP contribution < -0.4 is 15.4 Å². The molecule has 8 heteroatoms. The normalized spacial score (nSPS) is 12.4. The first-order valence-electron chi connectivity index (χ1n) is 8.67. The van der Waals surface area contributed by atoms with Gasteiger partial charge >= 0.3 is 12.0 Å². The summed E-state index contributed by atoms with van der Waals surface area (Å²) in [6.45, 7) is 3.47. The largest absolute Gasteiger partial charge is 0.479 e. The van der Waals surface area contributed by atoms with Gasteiger partial charge in [-0.3, -0.25) is 10.1 Å². The number of rotatable bonds is 7. The van der Waals surface area contributed by atoms with Crippen molar-refractivity contribution in [1.29, 1.82) is 0 Å². The summed E-state index contributed by atoms with van der Waals surface area (Å²) >= 11 is 0. The molecule has 148 valence electrons. The van der Waals surface area contributed by atoms with Crippen molar-refractivity contribution in [3.05, 3.63) is 66.0 Å². The third-order valence-electron chi connectivity index (χ3n) is 3.61. The Morgan fingerprint density at radius 3 is 2.29 bits per heavy atom. The second-order valence-electron chi connectivity index (χ2n) is 5.79. The van der Waals surface area contributed by atoms with Gasteiger partial charge in [0.05, 0.1) is 0 Å². The number of imide groups is 1. The van der Waals surface area contributed by atoms with Crippen LogP contribution in [0.4, 0.5) is 9.18 Å². The molecule has 2 rings (SSSR count). The molecular weight excluding hydrogens is 367 g/mol. The minimum absolute atomic E-state index is 0.272. The van der Waals surface area contributed by atoms with E-state index in [9.17, 15) is 18.8 Å². The van der Waals surface area contributed by atoms with Crippen LogP contribution >= 0.6 is 0 Å². The van der Waals surface area contributed by atoms with Crippen molar-refractivity contribution >= 4 is 17.9 Å². The monoisotopic (exact) mass is 388 g/mol. The van der Waals surface area contributed by atoms with Gasteiger partial charge in [0.1, 0.15) is 11.6 Å². The first-order valence-corrected chi connectivity index (χ1v) is 8.67. The van der Waals surface area contributed by atoms with Crippen molar-refractivity contribution in [3.8, 4) is 5.75 Å². The van der Waals surface area contributed by atoms with Crippen LogP contribution in [0, 0.1) is 5.82 Å². The molecule has 0 aliphatic carbocycles. The number of benzene rings is 2. The molecule has 2 atom stereocenters. The van der Waals surface area contributed by atoms with Crippen LogP contribution in [-0.2, 0) is 14.3 Å². The zero-order valence-electron chi connectivity index (χ0n) is 15.5. The van der Waals surface area contributed by atoms with Crippen LogP contribution in [0.15, 0.2) is 54.6 Å². The molecule has 0 fully saturated rings. The number of halogens is 1. The Morgan fingerprint density at radius 1 is 1.04 bits per heavy atom. The SMILES string of the molecule is CCNC(=O)NC(=O)[C@@H](OC(=O)[C@@H](C)Oc1ccc(F)cc1)c1ccccc1. The number of urea groups is 1. The summed E-state index contributed by atoms with van der Waals surface area (Å²) in [5.74, 6) is -1.77. The lowest BCUT2D eigenvalue weighted by atomic mass is 10.1. The summed E-state index contributed by atoms with van der Waals surface area (Å²) in [5, 5.41) is 4.56. The third kappa shape index (κ3) is 6.08. The van der Waals surface area contributed by atoms with Gasteiger partial charge in [-0.2, -0.15) is 0 Å². The van der Waals surface area contributed by atoms with Crippen molar-refractivity contribution in [2.45, 2.75) is 26.1 Å². The average molecular weight is 388 g/mol. The maximum atomic E-state index is 13.0. The summed E-state index contributed by atoms with van der Waals surface area (Å²) in [5.41, 5.74) is 0.395. The highest BCUT2D eigenvalue weighted by Crippen LogP contribution is 2.20. The smallest absolute Gasteiger partial charge is 0.348 e.